The van der Waals surface area contributed by atoms with Gasteiger partial charge in [-0.25, -0.2) is 4.98 Å². The molecule has 1 N–H and O–H groups in total. The highest BCUT2D eigenvalue weighted by molar-refractivity contribution is 7.98. The predicted octanol–water partition coefficient (Wildman–Crippen LogP) is 4.57. The van der Waals surface area contributed by atoms with Crippen LogP contribution in [0.25, 0.3) is 0 Å². The summed E-state index contributed by atoms with van der Waals surface area (Å²) in [5, 5.41) is 4.79. The number of thiazole rings is 1. The van der Waals surface area contributed by atoms with Crippen LogP contribution in [-0.4, -0.2) is 17.3 Å². The lowest BCUT2D eigenvalue weighted by molar-refractivity contribution is 0.526. The Hall–Kier alpha value is -0.840. The molecule has 0 saturated carbocycles. The summed E-state index contributed by atoms with van der Waals surface area (Å²) < 4.78 is 0. The van der Waals surface area contributed by atoms with Crippen LogP contribution < -0.4 is 5.32 Å². The Kier molecular flexibility index (Phi) is 5.24. The number of aryl methyl sites for hydroxylation is 2. The number of thioether (sulfide) groups is 1. The zero-order valence-corrected chi connectivity index (χ0v) is 14.4. The first-order chi connectivity index (χ1) is 9.51. The molecule has 0 aliphatic rings. The van der Waals surface area contributed by atoms with Crippen LogP contribution in [0.1, 0.15) is 41.0 Å². The second-order valence-corrected chi connectivity index (χ2v) is 7.34. The van der Waals surface area contributed by atoms with Crippen molar-refractivity contribution in [2.45, 2.75) is 44.7 Å². The molecular formula is C16H22N2S2. The van der Waals surface area contributed by atoms with Crippen molar-refractivity contribution in [3.05, 3.63) is 45.4 Å². The summed E-state index contributed by atoms with van der Waals surface area (Å²) in [6.07, 6.45) is 2.10. The normalized spacial score (nSPS) is 12.9. The summed E-state index contributed by atoms with van der Waals surface area (Å²) in [6, 6.07) is 9.38. The fourth-order valence-electron chi connectivity index (χ4n) is 2.06. The van der Waals surface area contributed by atoms with Gasteiger partial charge < -0.3 is 5.32 Å². The van der Waals surface area contributed by atoms with E-state index in [0.29, 0.717) is 6.04 Å². The van der Waals surface area contributed by atoms with Crippen LogP contribution in [0.2, 0.25) is 0 Å². The van der Waals surface area contributed by atoms with Crippen molar-refractivity contribution in [1.82, 2.24) is 10.3 Å². The van der Waals surface area contributed by atoms with Crippen molar-refractivity contribution in [3.8, 4) is 0 Å². The molecule has 1 atom stereocenters. The van der Waals surface area contributed by atoms with E-state index >= 15 is 0 Å². The third-order valence-corrected chi connectivity index (χ3v) is 5.12. The number of benzene rings is 1. The molecule has 2 rings (SSSR count). The van der Waals surface area contributed by atoms with Crippen molar-refractivity contribution < 1.29 is 0 Å². The van der Waals surface area contributed by atoms with Gasteiger partial charge in [0, 0.05) is 15.8 Å². The molecule has 1 aromatic carbocycles. The molecule has 0 fully saturated rings. The Morgan fingerprint density at radius 3 is 2.25 bits per heavy atom. The molecular weight excluding hydrogens is 284 g/mol. The van der Waals surface area contributed by atoms with E-state index in [1.54, 1.807) is 23.1 Å². The van der Waals surface area contributed by atoms with Crippen molar-refractivity contribution in [3.63, 3.8) is 0 Å². The number of nitrogens with zero attached hydrogens (tertiary/aromatic N) is 1. The maximum atomic E-state index is 4.73. The average molecular weight is 306 g/mol. The fourth-order valence-corrected chi connectivity index (χ4v) is 3.48. The van der Waals surface area contributed by atoms with E-state index in [4.69, 9.17) is 4.98 Å². The van der Waals surface area contributed by atoms with Gasteiger partial charge in [0.25, 0.3) is 0 Å². The third-order valence-electron chi connectivity index (χ3n) is 3.24. The van der Waals surface area contributed by atoms with Gasteiger partial charge in [-0.2, -0.15) is 0 Å². The minimum Gasteiger partial charge on any atom is -0.302 e. The van der Waals surface area contributed by atoms with Gasteiger partial charge >= 0.3 is 0 Å². The first-order valence-corrected chi connectivity index (χ1v) is 8.89. The second-order valence-electron chi connectivity index (χ2n) is 5.22. The largest absolute Gasteiger partial charge is 0.302 e. The lowest BCUT2D eigenvalue weighted by atomic mass is 10.1. The maximum absolute atomic E-state index is 4.73. The van der Waals surface area contributed by atoms with E-state index in [1.165, 1.54) is 15.3 Å². The van der Waals surface area contributed by atoms with Gasteiger partial charge in [0.15, 0.2) is 0 Å². The smallest absolute Gasteiger partial charge is 0.115 e. The highest BCUT2D eigenvalue weighted by atomic mass is 32.2. The van der Waals surface area contributed by atoms with Crippen molar-refractivity contribution >= 4 is 23.1 Å². The molecule has 4 heteroatoms. The fraction of sp³-hybridized carbons (Fsp3) is 0.438. The van der Waals surface area contributed by atoms with Gasteiger partial charge in [0.2, 0.25) is 0 Å². The summed E-state index contributed by atoms with van der Waals surface area (Å²) in [7, 11) is 0. The van der Waals surface area contributed by atoms with E-state index in [9.17, 15) is 0 Å². The maximum Gasteiger partial charge on any atom is 0.115 e. The molecule has 1 heterocycles. The predicted molar refractivity (Wildman–Crippen MR) is 89.9 cm³/mol. The number of nitrogens with one attached hydrogen (secondary N) is 1. The Bertz CT molecular complexity index is 539. The van der Waals surface area contributed by atoms with Gasteiger partial charge in [0.05, 0.1) is 11.7 Å². The molecule has 20 heavy (non-hydrogen) atoms. The molecule has 108 valence electrons. The first-order valence-electron chi connectivity index (χ1n) is 6.85. The number of rotatable bonds is 5. The van der Waals surface area contributed by atoms with E-state index in [-0.39, 0.29) is 6.04 Å². The van der Waals surface area contributed by atoms with Gasteiger partial charge in [0.1, 0.15) is 5.01 Å². The molecule has 0 spiro atoms. The first kappa shape index (κ1) is 15.5. The number of hydrogen-bond acceptors (Lipinski definition) is 4. The molecule has 0 amide bonds. The topological polar surface area (TPSA) is 24.9 Å². The van der Waals surface area contributed by atoms with Crippen LogP contribution in [-0.2, 0) is 0 Å². The molecule has 0 aliphatic carbocycles. The van der Waals surface area contributed by atoms with Crippen LogP contribution in [0.4, 0.5) is 0 Å². The standard InChI is InChI=1S/C16H22N2S2/c1-10(2)17-15(16-18-11(3)12(4)20-16)13-6-8-14(19-5)9-7-13/h6-10,15,17H,1-5H3. The molecule has 2 aromatic rings. The van der Waals surface area contributed by atoms with Crippen LogP contribution in [0.3, 0.4) is 0 Å². The SMILES string of the molecule is CSc1ccc(C(NC(C)C)c2nc(C)c(C)s2)cc1. The van der Waals surface area contributed by atoms with Crippen LogP contribution >= 0.6 is 23.1 Å². The highest BCUT2D eigenvalue weighted by Crippen LogP contribution is 2.29. The van der Waals surface area contributed by atoms with Gasteiger partial charge in [-0.15, -0.1) is 23.1 Å². The summed E-state index contributed by atoms with van der Waals surface area (Å²) in [6.45, 7) is 8.57. The summed E-state index contributed by atoms with van der Waals surface area (Å²) in [5.74, 6) is 0. The van der Waals surface area contributed by atoms with Gasteiger partial charge in [-0.3, -0.25) is 0 Å². The number of hydrogen-bond donors (Lipinski definition) is 1. The third kappa shape index (κ3) is 3.62. The van der Waals surface area contributed by atoms with Crippen LogP contribution in [0.5, 0.6) is 0 Å². The number of aromatic nitrogens is 1. The summed E-state index contributed by atoms with van der Waals surface area (Å²) in [4.78, 5) is 7.33. The molecule has 1 unspecified atom stereocenters. The van der Waals surface area contributed by atoms with Crippen molar-refractivity contribution in [1.29, 1.82) is 0 Å². The molecule has 0 radical (unpaired) electrons. The minimum atomic E-state index is 0.184. The van der Waals surface area contributed by atoms with E-state index in [2.05, 4.69) is 63.5 Å². The molecule has 0 saturated heterocycles. The van der Waals surface area contributed by atoms with Gasteiger partial charge in [-0.05, 0) is 51.6 Å². The molecule has 0 bridgehead atoms. The summed E-state index contributed by atoms with van der Waals surface area (Å²) in [5.41, 5.74) is 2.42. The Morgan fingerprint density at radius 2 is 1.80 bits per heavy atom. The lowest BCUT2D eigenvalue weighted by Gasteiger charge is -2.20. The molecule has 2 nitrogen and oxygen atoms in total. The average Bonchev–Trinajstić information content (AvgIpc) is 2.76. The Balaban J connectivity index is 2.35. The lowest BCUT2D eigenvalue weighted by Crippen LogP contribution is -2.28. The van der Waals surface area contributed by atoms with E-state index in [1.807, 2.05) is 0 Å². The molecule has 1 aromatic heterocycles. The van der Waals surface area contributed by atoms with Crippen molar-refractivity contribution in [2.24, 2.45) is 0 Å². The quantitative estimate of drug-likeness (QED) is 0.819. The highest BCUT2D eigenvalue weighted by Gasteiger charge is 2.19. The minimum absolute atomic E-state index is 0.184. The van der Waals surface area contributed by atoms with Crippen LogP contribution in [0.15, 0.2) is 29.2 Å². The van der Waals surface area contributed by atoms with Gasteiger partial charge in [-0.1, -0.05) is 12.1 Å². The Labute approximate surface area is 130 Å². The Morgan fingerprint density at radius 1 is 1.15 bits per heavy atom. The van der Waals surface area contributed by atoms with Crippen molar-refractivity contribution in [2.75, 3.05) is 6.26 Å². The van der Waals surface area contributed by atoms with E-state index < -0.39 is 0 Å². The monoisotopic (exact) mass is 306 g/mol. The second kappa shape index (κ2) is 6.74. The zero-order chi connectivity index (χ0) is 14.7. The molecule has 0 aliphatic heterocycles. The summed E-state index contributed by atoms with van der Waals surface area (Å²) >= 11 is 3.56. The van der Waals surface area contributed by atoms with Crippen LogP contribution in [0, 0.1) is 13.8 Å². The van der Waals surface area contributed by atoms with E-state index in [0.717, 1.165) is 10.7 Å². The zero-order valence-electron chi connectivity index (χ0n) is 12.7.